The smallest absolute Gasteiger partial charge is 0.237 e. The number of fused-ring (bicyclic) bond motifs is 1. The van der Waals surface area contributed by atoms with Crippen LogP contribution in [0.2, 0.25) is 0 Å². The van der Waals surface area contributed by atoms with Gasteiger partial charge in [-0.2, -0.15) is 0 Å². The molecule has 2 aliphatic carbocycles. The predicted molar refractivity (Wildman–Crippen MR) is 125 cm³/mol. The van der Waals surface area contributed by atoms with Gasteiger partial charge >= 0.3 is 0 Å². The number of carbonyl (C=O) groups excluding carboxylic acids is 1. The SMILES string of the molecule is CNC.COc1ccc(CN(CC(=O)N2CCC[C@@H]3CCCC[C@@H]32)C2CC2)c(OC)c1. The van der Waals surface area contributed by atoms with Gasteiger partial charge in [0.1, 0.15) is 11.5 Å². The number of methoxy groups -OCH3 is 2. The lowest BCUT2D eigenvalue weighted by atomic mass is 9.78. The van der Waals surface area contributed by atoms with Crippen LogP contribution in [0.1, 0.15) is 56.9 Å². The van der Waals surface area contributed by atoms with Crippen molar-refractivity contribution in [3.8, 4) is 11.5 Å². The Morgan fingerprint density at radius 3 is 2.45 bits per heavy atom. The second kappa shape index (κ2) is 11.7. The minimum Gasteiger partial charge on any atom is -0.497 e. The van der Waals surface area contributed by atoms with Gasteiger partial charge in [-0.05, 0) is 64.6 Å². The zero-order chi connectivity index (χ0) is 22.2. The molecule has 174 valence electrons. The largest absolute Gasteiger partial charge is 0.497 e. The van der Waals surface area contributed by atoms with Crippen LogP contribution in [0.5, 0.6) is 11.5 Å². The van der Waals surface area contributed by atoms with E-state index in [9.17, 15) is 4.79 Å². The monoisotopic (exact) mass is 431 g/mol. The second-order valence-electron chi connectivity index (χ2n) is 9.16. The van der Waals surface area contributed by atoms with Crippen molar-refractivity contribution >= 4 is 5.91 Å². The van der Waals surface area contributed by atoms with Crippen molar-refractivity contribution in [3.63, 3.8) is 0 Å². The van der Waals surface area contributed by atoms with E-state index in [0.717, 1.165) is 36.1 Å². The van der Waals surface area contributed by atoms with Crippen LogP contribution in [0.15, 0.2) is 18.2 Å². The van der Waals surface area contributed by atoms with E-state index in [1.54, 1.807) is 14.2 Å². The summed E-state index contributed by atoms with van der Waals surface area (Å²) in [6.07, 6.45) is 9.99. The van der Waals surface area contributed by atoms with Crippen LogP contribution in [0, 0.1) is 5.92 Å². The topological polar surface area (TPSA) is 54.0 Å². The number of amides is 1. The Bertz CT molecular complexity index is 705. The summed E-state index contributed by atoms with van der Waals surface area (Å²) in [6.45, 7) is 2.24. The number of hydrogen-bond donors (Lipinski definition) is 1. The summed E-state index contributed by atoms with van der Waals surface area (Å²) >= 11 is 0. The summed E-state index contributed by atoms with van der Waals surface area (Å²) < 4.78 is 10.9. The zero-order valence-corrected chi connectivity index (χ0v) is 19.9. The van der Waals surface area contributed by atoms with Crippen molar-refractivity contribution in [2.75, 3.05) is 41.4 Å². The van der Waals surface area contributed by atoms with Gasteiger partial charge < -0.3 is 19.7 Å². The Balaban J connectivity index is 0.000000858. The molecule has 1 aliphatic heterocycles. The number of hydrogen-bond acceptors (Lipinski definition) is 5. The number of likely N-dealkylation sites (tertiary alicyclic amines) is 1. The number of nitrogens with one attached hydrogen (secondary N) is 1. The molecule has 0 aromatic heterocycles. The van der Waals surface area contributed by atoms with E-state index in [1.165, 1.54) is 51.4 Å². The van der Waals surface area contributed by atoms with E-state index in [0.29, 0.717) is 24.5 Å². The average Bonchev–Trinajstić information content (AvgIpc) is 3.64. The molecule has 6 heteroatoms. The molecule has 31 heavy (non-hydrogen) atoms. The highest BCUT2D eigenvalue weighted by atomic mass is 16.5. The number of ether oxygens (including phenoxy) is 2. The molecule has 2 saturated carbocycles. The van der Waals surface area contributed by atoms with Gasteiger partial charge in [0.25, 0.3) is 0 Å². The Labute approximate surface area is 188 Å². The summed E-state index contributed by atoms with van der Waals surface area (Å²) in [5.41, 5.74) is 1.12. The number of benzene rings is 1. The molecule has 6 nitrogen and oxygen atoms in total. The first-order chi connectivity index (χ1) is 15.1. The zero-order valence-electron chi connectivity index (χ0n) is 19.9. The van der Waals surface area contributed by atoms with Gasteiger partial charge in [0.05, 0.1) is 20.8 Å². The summed E-state index contributed by atoms with van der Waals surface area (Å²) in [5.74, 6) is 2.70. The highest BCUT2D eigenvalue weighted by molar-refractivity contribution is 5.79. The van der Waals surface area contributed by atoms with E-state index in [4.69, 9.17) is 9.47 Å². The van der Waals surface area contributed by atoms with Crippen LogP contribution in [-0.2, 0) is 11.3 Å². The molecule has 1 aromatic rings. The van der Waals surface area contributed by atoms with E-state index in [2.05, 4.69) is 21.2 Å². The molecule has 0 unspecified atom stereocenters. The summed E-state index contributed by atoms with van der Waals surface area (Å²) in [6, 6.07) is 6.99. The van der Waals surface area contributed by atoms with Crippen molar-refractivity contribution in [2.24, 2.45) is 5.92 Å². The molecule has 0 bridgehead atoms. The maximum absolute atomic E-state index is 13.3. The number of nitrogens with zero attached hydrogens (tertiary/aromatic N) is 2. The van der Waals surface area contributed by atoms with Gasteiger partial charge in [0, 0.05) is 36.8 Å². The average molecular weight is 432 g/mol. The molecule has 1 N–H and O–H groups in total. The van der Waals surface area contributed by atoms with Gasteiger partial charge in [-0.15, -0.1) is 0 Å². The molecule has 3 fully saturated rings. The second-order valence-corrected chi connectivity index (χ2v) is 9.16. The molecule has 4 rings (SSSR count). The Kier molecular flexibility index (Phi) is 9.02. The lowest BCUT2D eigenvalue weighted by Gasteiger charge is -2.44. The lowest BCUT2D eigenvalue weighted by molar-refractivity contribution is -0.139. The van der Waals surface area contributed by atoms with E-state index in [1.807, 2.05) is 26.2 Å². The van der Waals surface area contributed by atoms with Gasteiger partial charge in [0.2, 0.25) is 5.91 Å². The maximum atomic E-state index is 13.3. The van der Waals surface area contributed by atoms with E-state index in [-0.39, 0.29) is 0 Å². The number of piperidine rings is 1. The minimum atomic E-state index is 0.330. The highest BCUT2D eigenvalue weighted by Gasteiger charge is 2.38. The van der Waals surface area contributed by atoms with Crippen molar-refractivity contribution in [3.05, 3.63) is 23.8 Å². The first kappa shape index (κ1) is 23.9. The molecular formula is C25H41N3O3. The van der Waals surface area contributed by atoms with E-state index < -0.39 is 0 Å². The van der Waals surface area contributed by atoms with Crippen molar-refractivity contribution in [1.29, 1.82) is 0 Å². The fourth-order valence-corrected chi connectivity index (χ4v) is 5.15. The lowest BCUT2D eigenvalue weighted by Crippen LogP contribution is -2.52. The molecule has 1 heterocycles. The van der Waals surface area contributed by atoms with Crippen LogP contribution in [0.4, 0.5) is 0 Å². The first-order valence-corrected chi connectivity index (χ1v) is 11.9. The van der Waals surface area contributed by atoms with Gasteiger partial charge in [-0.1, -0.05) is 18.9 Å². The molecular weight excluding hydrogens is 390 g/mol. The van der Waals surface area contributed by atoms with E-state index >= 15 is 0 Å². The van der Waals surface area contributed by atoms with Crippen molar-refractivity contribution < 1.29 is 14.3 Å². The van der Waals surface area contributed by atoms with Gasteiger partial charge in [-0.25, -0.2) is 0 Å². The van der Waals surface area contributed by atoms with Crippen LogP contribution >= 0.6 is 0 Å². The van der Waals surface area contributed by atoms with Gasteiger partial charge in [0.15, 0.2) is 0 Å². The Morgan fingerprint density at radius 2 is 1.77 bits per heavy atom. The molecule has 1 amide bonds. The van der Waals surface area contributed by atoms with Crippen LogP contribution < -0.4 is 14.8 Å². The Morgan fingerprint density at radius 1 is 1.06 bits per heavy atom. The summed E-state index contributed by atoms with van der Waals surface area (Å²) in [5, 5.41) is 2.75. The van der Waals surface area contributed by atoms with Gasteiger partial charge in [-0.3, -0.25) is 9.69 Å². The minimum absolute atomic E-state index is 0.330. The molecule has 1 aromatic carbocycles. The third-order valence-electron chi connectivity index (χ3n) is 6.83. The molecule has 1 saturated heterocycles. The fourth-order valence-electron chi connectivity index (χ4n) is 5.15. The number of carbonyl (C=O) groups is 1. The fraction of sp³-hybridized carbons (Fsp3) is 0.720. The van der Waals surface area contributed by atoms with Crippen molar-refractivity contribution in [1.82, 2.24) is 15.1 Å². The quantitative estimate of drug-likeness (QED) is 0.714. The normalized spacial score (nSPS) is 22.9. The molecule has 0 spiro atoms. The van der Waals surface area contributed by atoms with Crippen LogP contribution in [-0.4, -0.2) is 69.2 Å². The van der Waals surface area contributed by atoms with Crippen LogP contribution in [0.25, 0.3) is 0 Å². The van der Waals surface area contributed by atoms with Crippen molar-refractivity contribution in [2.45, 2.75) is 70.0 Å². The predicted octanol–water partition coefficient (Wildman–Crippen LogP) is 3.69. The first-order valence-electron chi connectivity index (χ1n) is 11.9. The highest BCUT2D eigenvalue weighted by Crippen LogP contribution is 2.36. The molecule has 2 atom stereocenters. The third kappa shape index (κ3) is 6.36. The third-order valence-corrected chi connectivity index (χ3v) is 6.83. The summed E-state index contributed by atoms with van der Waals surface area (Å²) in [4.78, 5) is 17.9. The Hall–Kier alpha value is -1.79. The summed E-state index contributed by atoms with van der Waals surface area (Å²) in [7, 11) is 7.11. The standard InChI is InChI=1S/C23H34N2O3.C2H7N/c1-27-20-12-9-18(22(14-20)28-2)15-24(19-10-11-19)16-23(26)25-13-5-7-17-6-3-4-8-21(17)25;1-3-2/h9,12,14,17,19,21H,3-8,10-11,13,15-16H2,1-2H3;3H,1-2H3/t17-,21-;/m0./s1. The number of rotatable bonds is 7. The maximum Gasteiger partial charge on any atom is 0.237 e. The molecule has 0 radical (unpaired) electrons. The molecule has 3 aliphatic rings. The van der Waals surface area contributed by atoms with Crippen LogP contribution in [0.3, 0.4) is 0 Å².